The molecule has 1 amide bonds. The fourth-order valence-electron chi connectivity index (χ4n) is 4.26. The van der Waals surface area contributed by atoms with Crippen molar-refractivity contribution in [3.8, 4) is 0 Å². The Kier molecular flexibility index (Phi) is 11.7. The van der Waals surface area contributed by atoms with Crippen LogP contribution in [0.15, 0.2) is 24.3 Å². The number of rotatable bonds is 12. The molecule has 166 valence electrons. The number of hydrogen-bond donors (Lipinski definition) is 1. The van der Waals surface area contributed by atoms with E-state index in [1.54, 1.807) is 0 Å². The molecule has 29 heavy (non-hydrogen) atoms. The Morgan fingerprint density at radius 1 is 1.00 bits per heavy atom. The van der Waals surface area contributed by atoms with Crippen molar-refractivity contribution in [2.24, 2.45) is 0 Å². The molecule has 4 heteroatoms. The summed E-state index contributed by atoms with van der Waals surface area (Å²) < 4.78 is 9.94. The van der Waals surface area contributed by atoms with Gasteiger partial charge in [-0.3, -0.25) is 0 Å². The summed E-state index contributed by atoms with van der Waals surface area (Å²) in [5.41, 5.74) is 2.09. The summed E-state index contributed by atoms with van der Waals surface area (Å²) in [5.74, 6) is 0. The number of aryl methyl sites for hydroxylation is 1. The van der Waals surface area contributed by atoms with Crippen LogP contribution in [0.4, 0.5) is 4.79 Å². The summed E-state index contributed by atoms with van der Waals surface area (Å²) >= 11 is -2.76. The van der Waals surface area contributed by atoms with Crippen molar-refractivity contribution < 1.29 is 9.53 Å². The summed E-state index contributed by atoms with van der Waals surface area (Å²) in [6, 6.07) is 8.81. The second-order valence-electron chi connectivity index (χ2n) is 9.67. The van der Waals surface area contributed by atoms with E-state index in [9.17, 15) is 4.79 Å². The van der Waals surface area contributed by atoms with Crippen LogP contribution in [0.3, 0.4) is 0 Å². The first kappa shape index (κ1) is 26.3. The van der Waals surface area contributed by atoms with E-state index >= 15 is 0 Å². The van der Waals surface area contributed by atoms with E-state index in [1.165, 1.54) is 63.0 Å². The number of alkyl carbamates (subject to hydrolysis) is 1. The number of ether oxygens (including phenoxy) is 1. The number of nitrogens with one attached hydrogen (secondary N) is 1. The van der Waals surface area contributed by atoms with Crippen molar-refractivity contribution >= 4 is 24.5 Å². The number of amides is 1. The average molecular weight is 510 g/mol. The zero-order chi connectivity index (χ0) is 21.9. The summed E-state index contributed by atoms with van der Waals surface area (Å²) in [7, 11) is 0. The molecule has 0 heterocycles. The monoisotopic (exact) mass is 511 g/mol. The fraction of sp³-hybridized carbons (Fsp3) is 0.720. The molecule has 1 unspecified atom stereocenters. The number of benzene rings is 1. The maximum absolute atomic E-state index is 12.9. The Morgan fingerprint density at radius 3 is 1.93 bits per heavy atom. The van der Waals surface area contributed by atoms with Crippen molar-refractivity contribution in [1.29, 1.82) is 0 Å². The molecule has 0 bridgehead atoms. The quantitative estimate of drug-likeness (QED) is 0.290. The van der Waals surface area contributed by atoms with Gasteiger partial charge in [-0.15, -0.1) is 0 Å². The van der Waals surface area contributed by atoms with Gasteiger partial charge in [0.2, 0.25) is 0 Å². The van der Waals surface area contributed by atoms with Crippen LogP contribution in [0.1, 0.15) is 95.3 Å². The first-order valence-electron chi connectivity index (χ1n) is 11.7. The second kappa shape index (κ2) is 12.9. The SMILES string of the molecule is CCC[CH2][Sn]([CH2]CCC)([CH2]CCC)[CH](NC(=O)OC(C)(C)C)c1cccc(C)c1. The predicted molar refractivity (Wildman–Crippen MR) is 128 cm³/mol. The van der Waals surface area contributed by atoms with Crippen molar-refractivity contribution in [3.05, 3.63) is 35.4 Å². The van der Waals surface area contributed by atoms with E-state index in [0.717, 1.165) is 0 Å². The van der Waals surface area contributed by atoms with Gasteiger partial charge in [0.05, 0.1) is 0 Å². The number of unbranched alkanes of at least 4 members (excludes halogenated alkanes) is 3. The van der Waals surface area contributed by atoms with Gasteiger partial charge in [0, 0.05) is 0 Å². The van der Waals surface area contributed by atoms with Gasteiger partial charge in [0.1, 0.15) is 0 Å². The summed E-state index contributed by atoms with van der Waals surface area (Å²) in [5, 5.41) is 3.42. The number of carbonyl (C=O) groups excluding carboxylic acids is 1. The average Bonchev–Trinajstić information content (AvgIpc) is 2.65. The molecule has 3 nitrogen and oxygen atoms in total. The number of hydrogen-bond acceptors (Lipinski definition) is 2. The molecule has 0 aliphatic rings. The van der Waals surface area contributed by atoms with Crippen molar-refractivity contribution in [1.82, 2.24) is 5.32 Å². The third-order valence-corrected chi connectivity index (χ3v) is 22.1. The molecule has 0 saturated carbocycles. The minimum absolute atomic E-state index is 0.184. The van der Waals surface area contributed by atoms with Gasteiger partial charge in [-0.05, 0) is 0 Å². The van der Waals surface area contributed by atoms with Gasteiger partial charge in [-0.2, -0.15) is 0 Å². The van der Waals surface area contributed by atoms with Crippen LogP contribution in [0.5, 0.6) is 0 Å². The Hall–Kier alpha value is -0.711. The summed E-state index contributed by atoms with van der Waals surface area (Å²) in [6.45, 7) is 14.8. The molecule has 0 fully saturated rings. The second-order valence-corrected chi connectivity index (χ2v) is 23.4. The molecule has 0 aliphatic heterocycles. The molecule has 0 radical (unpaired) electrons. The van der Waals surface area contributed by atoms with Crippen molar-refractivity contribution in [3.63, 3.8) is 0 Å². The molecule has 0 aliphatic carbocycles. The van der Waals surface area contributed by atoms with Crippen LogP contribution in [0.2, 0.25) is 13.3 Å². The summed E-state index contributed by atoms with van der Waals surface area (Å²) in [4.78, 5) is 12.9. The molecule has 1 aromatic rings. The van der Waals surface area contributed by atoms with E-state index < -0.39 is 24.0 Å². The first-order valence-corrected chi connectivity index (χ1v) is 19.4. The molecular weight excluding hydrogens is 465 g/mol. The van der Waals surface area contributed by atoms with Crippen molar-refractivity contribution in [2.75, 3.05) is 0 Å². The zero-order valence-electron chi connectivity index (χ0n) is 20.1. The molecular formula is C25H45NO2Sn. The molecule has 0 saturated heterocycles. The van der Waals surface area contributed by atoms with E-state index in [1.807, 2.05) is 20.8 Å². The van der Waals surface area contributed by atoms with E-state index in [-0.39, 0.29) is 10.2 Å². The van der Waals surface area contributed by atoms with Crippen LogP contribution >= 0.6 is 0 Å². The normalized spacial score (nSPS) is 13.2. The van der Waals surface area contributed by atoms with Crippen LogP contribution in [0.25, 0.3) is 0 Å². The van der Waals surface area contributed by atoms with Gasteiger partial charge < -0.3 is 0 Å². The standard InChI is InChI=1S/C13H18NO2.3C4H9.Sn/c1-10-6-5-7-11(8-10)9-14-12(15)16-13(2,3)4;3*1-3-4-2;/h5-9H,1-4H3,(H,14,15);3*1,3-4H2,2H3;. The third-order valence-electron chi connectivity index (χ3n) is 5.73. The Morgan fingerprint density at radius 2 is 1.52 bits per heavy atom. The Labute approximate surface area is 184 Å². The van der Waals surface area contributed by atoms with Crippen LogP contribution in [-0.2, 0) is 4.74 Å². The molecule has 1 N–H and O–H groups in total. The van der Waals surface area contributed by atoms with Crippen LogP contribution in [0, 0.1) is 6.92 Å². The van der Waals surface area contributed by atoms with Crippen LogP contribution in [-0.4, -0.2) is 30.1 Å². The minimum atomic E-state index is -2.76. The molecule has 1 atom stereocenters. The van der Waals surface area contributed by atoms with Gasteiger partial charge in [0.15, 0.2) is 0 Å². The maximum atomic E-state index is 12.9. The Balaban J connectivity index is 3.39. The molecule has 1 rings (SSSR count). The number of carbonyl (C=O) groups is 1. The first-order chi connectivity index (χ1) is 13.7. The zero-order valence-corrected chi connectivity index (χ0v) is 22.9. The molecule has 0 aromatic heterocycles. The van der Waals surface area contributed by atoms with Gasteiger partial charge in [-0.1, -0.05) is 0 Å². The molecule has 1 aromatic carbocycles. The van der Waals surface area contributed by atoms with Gasteiger partial charge in [-0.25, -0.2) is 0 Å². The van der Waals surface area contributed by atoms with E-state index in [2.05, 4.69) is 57.3 Å². The fourth-order valence-corrected chi connectivity index (χ4v) is 21.7. The third kappa shape index (κ3) is 9.31. The Bertz CT molecular complexity index is 587. The van der Waals surface area contributed by atoms with E-state index in [0.29, 0.717) is 0 Å². The molecule has 0 spiro atoms. The van der Waals surface area contributed by atoms with E-state index in [4.69, 9.17) is 4.74 Å². The van der Waals surface area contributed by atoms with Gasteiger partial charge >= 0.3 is 185 Å². The van der Waals surface area contributed by atoms with Gasteiger partial charge in [0.25, 0.3) is 0 Å². The van der Waals surface area contributed by atoms with Crippen molar-refractivity contribution in [2.45, 2.75) is 110 Å². The van der Waals surface area contributed by atoms with Crippen LogP contribution < -0.4 is 5.32 Å². The predicted octanol–water partition coefficient (Wildman–Crippen LogP) is 7.95. The topological polar surface area (TPSA) is 38.3 Å². The summed E-state index contributed by atoms with van der Waals surface area (Å²) in [6.07, 6.45) is 7.26.